The van der Waals surface area contributed by atoms with Crippen LogP contribution >= 0.6 is 0 Å². The molecule has 1 aliphatic rings. The fourth-order valence-electron chi connectivity index (χ4n) is 1.99. The third kappa shape index (κ3) is 7.13. The Kier molecular flexibility index (Phi) is 5.39. The van der Waals surface area contributed by atoms with Gasteiger partial charge < -0.3 is 19.9 Å². The molecule has 1 aliphatic heterocycles. The predicted molar refractivity (Wildman–Crippen MR) is 77.7 cm³/mol. The van der Waals surface area contributed by atoms with E-state index in [1.807, 2.05) is 0 Å². The number of hydrogen-bond acceptors (Lipinski definition) is 5. The van der Waals surface area contributed by atoms with Crippen LogP contribution in [-0.2, 0) is 14.3 Å². The summed E-state index contributed by atoms with van der Waals surface area (Å²) in [5, 5.41) is 12.6. The Morgan fingerprint density at radius 3 is 2.48 bits per heavy atom. The van der Waals surface area contributed by atoms with Gasteiger partial charge in [0.15, 0.2) is 0 Å². The monoisotopic (exact) mass is 299 g/mol. The lowest BCUT2D eigenvalue weighted by Gasteiger charge is -2.26. The molecule has 1 heterocycles. The van der Waals surface area contributed by atoms with E-state index in [1.165, 1.54) is 0 Å². The first-order valence-corrected chi connectivity index (χ1v) is 7.06. The van der Waals surface area contributed by atoms with E-state index >= 15 is 0 Å². The van der Waals surface area contributed by atoms with Crippen molar-refractivity contribution in [3.8, 4) is 0 Å². The van der Waals surface area contributed by atoms with Crippen LogP contribution in [0.25, 0.3) is 0 Å². The Balaban J connectivity index is 2.78. The molecule has 6 nitrogen and oxygen atoms in total. The topological polar surface area (TPSA) is 84.9 Å². The lowest BCUT2D eigenvalue weighted by atomic mass is 9.97. The van der Waals surface area contributed by atoms with Crippen LogP contribution in [0.2, 0.25) is 0 Å². The van der Waals surface area contributed by atoms with Gasteiger partial charge in [0.1, 0.15) is 5.60 Å². The summed E-state index contributed by atoms with van der Waals surface area (Å²) in [6, 6.07) is -0.500. The fraction of sp³-hybridized carbons (Fsp3) is 0.733. The quantitative estimate of drug-likeness (QED) is 0.612. The number of nitrogens with one attached hydrogen (secondary N) is 1. The number of carbonyl (C=O) groups excluding carboxylic acids is 2. The van der Waals surface area contributed by atoms with Gasteiger partial charge in [-0.15, -0.1) is 0 Å². The van der Waals surface area contributed by atoms with Gasteiger partial charge in [-0.2, -0.15) is 0 Å². The molecule has 0 unspecified atom stereocenters. The van der Waals surface area contributed by atoms with E-state index in [2.05, 4.69) is 5.32 Å². The maximum atomic E-state index is 11.8. The van der Waals surface area contributed by atoms with Crippen LogP contribution < -0.4 is 5.32 Å². The van der Waals surface area contributed by atoms with Gasteiger partial charge in [-0.3, -0.25) is 0 Å². The summed E-state index contributed by atoms with van der Waals surface area (Å²) in [5.41, 5.74) is -1.08. The molecule has 0 saturated carbocycles. The molecule has 0 radical (unpaired) electrons. The standard InChI is InChI=1S/C15H25NO5/c1-14(2,3)21-13(18)16-11(9-15(4,5)19)8-10-6-7-20-12(10)17/h8,11,19H,6-7,9H2,1-5H3,(H,16,18)/b10-8+/t11-/m1/s1. The summed E-state index contributed by atoms with van der Waals surface area (Å²) >= 11 is 0. The molecule has 0 aliphatic carbocycles. The number of amides is 1. The maximum absolute atomic E-state index is 11.8. The van der Waals surface area contributed by atoms with Gasteiger partial charge in [-0.1, -0.05) is 6.08 Å². The summed E-state index contributed by atoms with van der Waals surface area (Å²) in [6.45, 7) is 8.94. The van der Waals surface area contributed by atoms with Gasteiger partial charge in [0.2, 0.25) is 0 Å². The Morgan fingerprint density at radius 2 is 2.05 bits per heavy atom. The SMILES string of the molecule is CC(C)(O)C[C@@H](/C=C1\CCOC1=O)NC(=O)OC(C)(C)C. The molecule has 0 aromatic rings. The van der Waals surface area contributed by atoms with Crippen molar-refractivity contribution in [2.45, 2.75) is 64.7 Å². The molecule has 0 bridgehead atoms. The minimum Gasteiger partial charge on any atom is -0.462 e. The van der Waals surface area contributed by atoms with E-state index in [-0.39, 0.29) is 12.4 Å². The van der Waals surface area contributed by atoms with E-state index in [9.17, 15) is 14.7 Å². The smallest absolute Gasteiger partial charge is 0.408 e. The average Bonchev–Trinajstić information content (AvgIpc) is 2.58. The molecule has 0 aromatic carbocycles. The summed E-state index contributed by atoms with van der Waals surface area (Å²) in [7, 11) is 0. The van der Waals surface area contributed by atoms with Crippen molar-refractivity contribution >= 4 is 12.1 Å². The Labute approximate surface area is 125 Å². The second kappa shape index (κ2) is 6.47. The zero-order valence-corrected chi connectivity index (χ0v) is 13.4. The number of alkyl carbamates (subject to hydrolysis) is 1. The summed E-state index contributed by atoms with van der Waals surface area (Å²) < 4.78 is 10.1. The van der Waals surface area contributed by atoms with Crippen molar-refractivity contribution in [1.82, 2.24) is 5.32 Å². The van der Waals surface area contributed by atoms with Crippen molar-refractivity contribution in [1.29, 1.82) is 0 Å². The van der Waals surface area contributed by atoms with E-state index in [1.54, 1.807) is 40.7 Å². The van der Waals surface area contributed by atoms with Gasteiger partial charge in [0.25, 0.3) is 0 Å². The molecule has 2 N–H and O–H groups in total. The first-order chi connectivity index (χ1) is 9.46. The first kappa shape index (κ1) is 17.5. The maximum Gasteiger partial charge on any atom is 0.408 e. The molecule has 1 fully saturated rings. The molecular formula is C15H25NO5. The molecule has 1 saturated heterocycles. The van der Waals surface area contributed by atoms with E-state index in [0.29, 0.717) is 18.6 Å². The summed E-state index contributed by atoms with van der Waals surface area (Å²) in [5.74, 6) is -0.373. The van der Waals surface area contributed by atoms with E-state index in [4.69, 9.17) is 9.47 Å². The van der Waals surface area contributed by atoms with Crippen molar-refractivity contribution in [2.75, 3.05) is 6.61 Å². The number of esters is 1. The number of cyclic esters (lactones) is 1. The molecule has 120 valence electrons. The highest BCUT2D eigenvalue weighted by molar-refractivity contribution is 5.90. The summed E-state index contributed by atoms with van der Waals surface area (Å²) in [4.78, 5) is 23.3. The van der Waals surface area contributed by atoms with Gasteiger partial charge >= 0.3 is 12.1 Å². The second-order valence-electron chi connectivity index (χ2n) is 6.85. The molecule has 0 spiro atoms. The second-order valence-corrected chi connectivity index (χ2v) is 6.85. The Hall–Kier alpha value is -1.56. The van der Waals surface area contributed by atoms with Crippen LogP contribution in [0.5, 0.6) is 0 Å². The van der Waals surface area contributed by atoms with Crippen LogP contribution in [0.3, 0.4) is 0 Å². The fourth-order valence-corrected chi connectivity index (χ4v) is 1.99. The Bertz CT molecular complexity index is 428. The van der Waals surface area contributed by atoms with Crippen LogP contribution in [-0.4, -0.2) is 41.0 Å². The minimum atomic E-state index is -0.987. The van der Waals surface area contributed by atoms with Gasteiger partial charge in [-0.25, -0.2) is 9.59 Å². The third-order valence-electron chi connectivity index (χ3n) is 2.69. The highest BCUT2D eigenvalue weighted by Gasteiger charge is 2.26. The van der Waals surface area contributed by atoms with Crippen molar-refractivity contribution < 1.29 is 24.2 Å². The Morgan fingerprint density at radius 1 is 1.43 bits per heavy atom. The van der Waals surface area contributed by atoms with Gasteiger partial charge in [-0.05, 0) is 41.0 Å². The molecule has 0 aromatic heterocycles. The minimum absolute atomic E-state index is 0.267. The van der Waals surface area contributed by atoms with Crippen molar-refractivity contribution in [3.05, 3.63) is 11.6 Å². The number of ether oxygens (including phenoxy) is 2. The van der Waals surface area contributed by atoms with Gasteiger partial charge in [0, 0.05) is 12.0 Å². The zero-order chi connectivity index (χ0) is 16.3. The van der Waals surface area contributed by atoms with Crippen molar-refractivity contribution in [3.63, 3.8) is 0 Å². The normalized spacial score (nSPS) is 19.3. The molecule has 1 amide bonds. The van der Waals surface area contributed by atoms with E-state index in [0.717, 1.165) is 0 Å². The number of hydrogen-bond donors (Lipinski definition) is 2. The van der Waals surface area contributed by atoms with E-state index < -0.39 is 23.3 Å². The lowest BCUT2D eigenvalue weighted by Crippen LogP contribution is -2.42. The van der Waals surface area contributed by atoms with Crippen LogP contribution in [0.1, 0.15) is 47.5 Å². The van der Waals surface area contributed by atoms with Crippen LogP contribution in [0.4, 0.5) is 4.79 Å². The molecule has 6 heteroatoms. The lowest BCUT2D eigenvalue weighted by molar-refractivity contribution is -0.135. The number of rotatable bonds is 4. The predicted octanol–water partition coefficient (Wildman–Crippen LogP) is 1.91. The van der Waals surface area contributed by atoms with Crippen molar-refractivity contribution in [2.24, 2.45) is 0 Å². The number of aliphatic hydroxyl groups is 1. The summed E-state index contributed by atoms with van der Waals surface area (Å²) in [6.07, 6.45) is 1.83. The highest BCUT2D eigenvalue weighted by Crippen LogP contribution is 2.18. The largest absolute Gasteiger partial charge is 0.462 e. The molecule has 1 atom stereocenters. The van der Waals surface area contributed by atoms with Crippen LogP contribution in [0.15, 0.2) is 11.6 Å². The first-order valence-electron chi connectivity index (χ1n) is 7.06. The van der Waals surface area contributed by atoms with Gasteiger partial charge in [0.05, 0.1) is 18.2 Å². The van der Waals surface area contributed by atoms with Crippen LogP contribution in [0, 0.1) is 0 Å². The highest BCUT2D eigenvalue weighted by atomic mass is 16.6. The number of carbonyl (C=O) groups is 2. The molecule has 1 rings (SSSR count). The molecule has 21 heavy (non-hydrogen) atoms. The third-order valence-corrected chi connectivity index (χ3v) is 2.69. The molecular weight excluding hydrogens is 274 g/mol. The zero-order valence-electron chi connectivity index (χ0n) is 13.4. The average molecular weight is 299 g/mol.